The van der Waals surface area contributed by atoms with Crippen molar-refractivity contribution in [3.8, 4) is 34.3 Å². The fourth-order valence-corrected chi connectivity index (χ4v) is 6.34. The van der Waals surface area contributed by atoms with E-state index < -0.39 is 57.9 Å². The van der Waals surface area contributed by atoms with E-state index in [0.717, 1.165) is 32.3 Å². The van der Waals surface area contributed by atoms with Gasteiger partial charge in [0.05, 0.1) is 57.9 Å². The number of nitrogens with zero attached hydrogens (tertiary/aromatic N) is 8. The molecule has 352 valence electrons. The smallest absolute Gasteiger partial charge is 0.502 e. The molecule has 0 radical (unpaired) electrons. The topological polar surface area (TPSA) is 105 Å². The third-order valence-electron chi connectivity index (χ3n) is 9.44. The van der Waals surface area contributed by atoms with Gasteiger partial charge in [-0.1, -0.05) is 84.2 Å². The maximum atomic E-state index is 13.8. The van der Waals surface area contributed by atoms with Gasteiger partial charge < -0.3 is 29.8 Å². The van der Waals surface area contributed by atoms with E-state index in [4.69, 9.17) is 10.2 Å². The number of anilines is 6. The third kappa shape index (κ3) is 11.6. The summed E-state index contributed by atoms with van der Waals surface area (Å²) in [7, 11) is 3.32. The summed E-state index contributed by atoms with van der Waals surface area (Å²) in [5, 5.41) is 18.3. The van der Waals surface area contributed by atoms with Crippen LogP contribution in [0.3, 0.4) is 0 Å². The Morgan fingerprint density at radius 3 is 1.16 bits per heavy atom. The molecule has 0 saturated carbocycles. The summed E-state index contributed by atoms with van der Waals surface area (Å²) < 4.78 is 107. The second-order valence-electron chi connectivity index (χ2n) is 13.8. The summed E-state index contributed by atoms with van der Waals surface area (Å²) in [6.45, 7) is 2.76. The number of fused-ring (bicyclic) bond motifs is 2. The van der Waals surface area contributed by atoms with Crippen molar-refractivity contribution in [2.45, 2.75) is 0 Å². The van der Waals surface area contributed by atoms with Gasteiger partial charge in [-0.2, -0.15) is 13.3 Å². The molecule has 0 spiro atoms. The van der Waals surface area contributed by atoms with E-state index in [2.05, 4.69) is 19.9 Å². The zero-order valence-electron chi connectivity index (χ0n) is 35.0. The monoisotopic (exact) mass is 1290 g/mol. The summed E-state index contributed by atoms with van der Waals surface area (Å²) in [5.41, 5.74) is 3.71. The number of halogens is 8. The zero-order valence-corrected chi connectivity index (χ0v) is 39.5. The van der Waals surface area contributed by atoms with Crippen molar-refractivity contribution in [2.24, 2.45) is 0 Å². The molecule has 2 N–H and O–H groups in total. The van der Waals surface area contributed by atoms with Gasteiger partial charge in [0.25, 0.3) is 0 Å². The first-order valence-electron chi connectivity index (χ1n) is 19.3. The summed E-state index contributed by atoms with van der Waals surface area (Å²) in [6.07, 6.45) is 2.90. The van der Waals surface area contributed by atoms with E-state index in [1.54, 1.807) is 72.4 Å². The molecule has 6 heterocycles. The fraction of sp³-hybridized carbons (Fsp3) is 0.0417. The maximum absolute atomic E-state index is 13.8. The predicted octanol–water partition coefficient (Wildman–Crippen LogP) is 11.2. The average molecular weight is 1290 g/mol. The third-order valence-corrected chi connectivity index (χ3v) is 9.44. The molecule has 0 aliphatic carbocycles. The van der Waals surface area contributed by atoms with Crippen molar-refractivity contribution in [1.29, 1.82) is 0 Å². The molecule has 0 saturated heterocycles. The Morgan fingerprint density at radius 1 is 0.441 bits per heavy atom. The molecule has 2 aliphatic heterocycles. The minimum absolute atomic E-state index is 0. The van der Waals surface area contributed by atoms with Crippen molar-refractivity contribution < 1.29 is 87.5 Å². The molecule has 0 fully saturated rings. The molecule has 2 aliphatic rings. The Bertz CT molecular complexity index is 2790. The summed E-state index contributed by atoms with van der Waals surface area (Å²) in [6, 6.07) is 40.4. The first kappa shape index (κ1) is 52.1. The van der Waals surface area contributed by atoms with Crippen LogP contribution in [-0.2, 0) is 42.1 Å². The Kier molecular flexibility index (Phi) is 17.8. The SMILES string of the molecule is CN1[CH-]N(c2[c-]c(F)c(F)c(F)c2F)c2ncccc21.CN1[CH-]N(c2[c-]c(F)c(F)c(F)c2F)c2ncccc21.Oc1cccc(-c2ccccc2)n1.Oc1cccc(-c2ccccc2)n1.[Pt+2].[Pt+2]. The molecule has 0 unspecified atom stereocenters. The van der Waals surface area contributed by atoms with Gasteiger partial charge >= 0.3 is 42.1 Å². The van der Waals surface area contributed by atoms with Crippen LogP contribution in [0.15, 0.2) is 134 Å². The number of hydrogen-bond acceptors (Lipinski definition) is 10. The molecule has 0 bridgehead atoms. The van der Waals surface area contributed by atoms with Gasteiger partial charge in [0.2, 0.25) is 11.8 Å². The normalized spacial score (nSPS) is 11.9. The molecule has 4 aromatic carbocycles. The van der Waals surface area contributed by atoms with Crippen molar-refractivity contribution in [2.75, 3.05) is 33.7 Å². The number of benzene rings is 4. The minimum Gasteiger partial charge on any atom is -0.502 e. The number of aromatic nitrogens is 4. The van der Waals surface area contributed by atoms with Crippen LogP contribution in [0.1, 0.15) is 0 Å². The van der Waals surface area contributed by atoms with Gasteiger partial charge in [0.15, 0.2) is 0 Å². The van der Waals surface area contributed by atoms with E-state index in [9.17, 15) is 35.1 Å². The van der Waals surface area contributed by atoms with E-state index in [1.165, 1.54) is 25.7 Å². The first-order valence-corrected chi connectivity index (χ1v) is 19.3. The van der Waals surface area contributed by atoms with Crippen molar-refractivity contribution in [1.82, 2.24) is 19.9 Å². The van der Waals surface area contributed by atoms with E-state index in [1.807, 2.05) is 84.9 Å². The Labute approximate surface area is 413 Å². The van der Waals surface area contributed by atoms with Crippen LogP contribution in [0.4, 0.5) is 69.5 Å². The fourth-order valence-electron chi connectivity index (χ4n) is 6.34. The van der Waals surface area contributed by atoms with Crippen molar-refractivity contribution >= 4 is 34.4 Å². The maximum Gasteiger partial charge on any atom is 2.00 e. The van der Waals surface area contributed by atoms with Crippen LogP contribution in [0.5, 0.6) is 11.8 Å². The van der Waals surface area contributed by atoms with Gasteiger partial charge in [0.1, 0.15) is 11.6 Å². The van der Waals surface area contributed by atoms with Gasteiger partial charge in [-0.05, 0) is 50.5 Å². The van der Waals surface area contributed by atoms with Gasteiger partial charge in [-0.25, -0.2) is 37.5 Å². The largest absolute Gasteiger partial charge is 2.00 e. The van der Waals surface area contributed by atoms with E-state index in [0.29, 0.717) is 11.4 Å². The Balaban J connectivity index is 0.000000171. The molecular formula is C48H32F8N8O2Pt2. The number of aromatic hydroxyl groups is 2. The molecule has 4 aromatic heterocycles. The van der Waals surface area contributed by atoms with Crippen LogP contribution in [0, 0.1) is 72.0 Å². The molecule has 10 nitrogen and oxygen atoms in total. The summed E-state index contributed by atoms with van der Waals surface area (Å²) >= 11 is 0. The summed E-state index contributed by atoms with van der Waals surface area (Å²) in [5.74, 6) is -13.1. The van der Waals surface area contributed by atoms with E-state index in [-0.39, 0.29) is 65.5 Å². The summed E-state index contributed by atoms with van der Waals surface area (Å²) in [4.78, 5) is 21.4. The molecule has 68 heavy (non-hydrogen) atoms. The Hall–Kier alpha value is -6.90. The predicted molar refractivity (Wildman–Crippen MR) is 231 cm³/mol. The van der Waals surface area contributed by atoms with Crippen molar-refractivity contribution in [3.63, 3.8) is 0 Å². The van der Waals surface area contributed by atoms with Crippen LogP contribution in [-0.4, -0.2) is 44.2 Å². The molecule has 8 aromatic rings. The molecular weight excluding hydrogens is 1260 g/mol. The zero-order chi connectivity index (χ0) is 47.1. The molecule has 0 atom stereocenters. The Morgan fingerprint density at radius 2 is 0.809 bits per heavy atom. The number of hydrogen-bond donors (Lipinski definition) is 2. The number of rotatable bonds is 4. The molecule has 10 rings (SSSR count). The van der Waals surface area contributed by atoms with Crippen molar-refractivity contribution in [3.05, 3.63) is 206 Å². The van der Waals surface area contributed by atoms with Gasteiger partial charge in [-0.3, -0.25) is 17.6 Å². The second-order valence-corrected chi connectivity index (χ2v) is 13.8. The van der Waals surface area contributed by atoms with Crippen LogP contribution >= 0.6 is 0 Å². The molecule has 0 amide bonds. The second kappa shape index (κ2) is 23.2. The van der Waals surface area contributed by atoms with Crippen LogP contribution < -0.4 is 19.6 Å². The molecule has 20 heteroatoms. The number of pyridine rings is 4. The van der Waals surface area contributed by atoms with Crippen LogP contribution in [0.25, 0.3) is 22.5 Å². The van der Waals surface area contributed by atoms with Crippen LogP contribution in [0.2, 0.25) is 0 Å². The first-order chi connectivity index (χ1) is 31.7. The van der Waals surface area contributed by atoms with Gasteiger partial charge in [0, 0.05) is 47.0 Å². The standard InChI is InChI=1S/2C13H7F4N3.2C11H9NO.2Pt/c2*1-19-6-20(13-8(19)3-2-4-18-13)9-5-7(14)10(15)12(17)11(9)16;2*13-11-8-4-7-10(12-11)9-5-2-1-3-6-9;;/h2*2-4,6H,1H3;2*1-8H,(H,12,13);;/q2*-2;;;2*+2. The average Bonchev–Trinajstić information content (AvgIpc) is 3.86. The van der Waals surface area contributed by atoms with Gasteiger partial charge in [-0.15, -0.1) is 12.1 Å². The van der Waals surface area contributed by atoms with E-state index >= 15 is 0 Å². The minimum atomic E-state index is -1.89. The quantitative estimate of drug-likeness (QED) is 0.0766.